The number of hydrogen-bond donors (Lipinski definition) is 1. The number of esters is 1. The van der Waals surface area contributed by atoms with E-state index in [9.17, 15) is 18.4 Å². The van der Waals surface area contributed by atoms with Crippen molar-refractivity contribution in [3.05, 3.63) is 82.6 Å². The Bertz CT molecular complexity index is 1650. The average Bonchev–Trinajstić information content (AvgIpc) is 3.32. The van der Waals surface area contributed by atoms with Crippen LogP contribution in [0.1, 0.15) is 57.6 Å². The summed E-state index contributed by atoms with van der Waals surface area (Å²) in [4.78, 5) is 31.0. The number of hydrogen-bond acceptors (Lipinski definition) is 4. The van der Waals surface area contributed by atoms with Gasteiger partial charge in [-0.1, -0.05) is 36.9 Å². The first kappa shape index (κ1) is 29.6. The molecule has 1 aliphatic rings. The van der Waals surface area contributed by atoms with Crippen molar-refractivity contribution in [3.63, 3.8) is 0 Å². The number of benzene rings is 3. The summed E-state index contributed by atoms with van der Waals surface area (Å²) in [6.07, 6.45) is 4.25. The molecule has 1 amide bonds. The molecule has 10 heteroatoms. The van der Waals surface area contributed by atoms with Crippen LogP contribution in [0.25, 0.3) is 22.4 Å². The summed E-state index contributed by atoms with van der Waals surface area (Å²) in [5.74, 6) is -3.71. The van der Waals surface area contributed by atoms with Gasteiger partial charge in [0.25, 0.3) is 0 Å². The maximum absolute atomic E-state index is 15.4. The molecule has 3 aromatic carbocycles. The SMILES string of the molecule is COC(=O)C(C)(C)c1ccc(NC(=O)C(C2CCCCC2)n2c(-c3ccc(Cl)cc3)nc3cc(F)c(F)cc32)c(F)c1. The number of carbonyl (C=O) groups is 2. The van der Waals surface area contributed by atoms with Crippen LogP contribution in [0.4, 0.5) is 18.9 Å². The normalized spacial score (nSPS) is 15.0. The molecule has 1 fully saturated rings. The van der Waals surface area contributed by atoms with Gasteiger partial charge in [0.2, 0.25) is 5.91 Å². The lowest BCUT2D eigenvalue weighted by Crippen LogP contribution is -2.34. The molecule has 1 N–H and O–H groups in total. The average molecular weight is 598 g/mol. The van der Waals surface area contributed by atoms with Crippen LogP contribution >= 0.6 is 11.6 Å². The Hall–Kier alpha value is -3.85. The molecule has 4 aromatic rings. The van der Waals surface area contributed by atoms with Gasteiger partial charge in [-0.3, -0.25) is 9.59 Å². The maximum atomic E-state index is 15.4. The fourth-order valence-corrected chi connectivity index (χ4v) is 5.88. The summed E-state index contributed by atoms with van der Waals surface area (Å²) in [7, 11) is 1.26. The van der Waals surface area contributed by atoms with Gasteiger partial charge in [-0.15, -0.1) is 0 Å². The standard InChI is InChI=1S/C32H31ClF3N3O3/c1-32(2,31(41)42-3)20-11-14-25(24(36)15-20)38-30(40)28(18-7-5-4-6-8-18)39-27-17-23(35)22(34)16-26(27)37-29(39)19-9-12-21(33)13-10-19/h9-18,28H,4-8H2,1-3H3,(H,38,40). The monoisotopic (exact) mass is 597 g/mol. The van der Waals surface area contributed by atoms with E-state index < -0.39 is 40.8 Å². The Morgan fingerprint density at radius 3 is 2.29 bits per heavy atom. The second-order valence-corrected chi connectivity index (χ2v) is 11.6. The fourth-order valence-electron chi connectivity index (χ4n) is 5.75. The predicted octanol–water partition coefficient (Wildman–Crippen LogP) is 7.98. The van der Waals surface area contributed by atoms with Gasteiger partial charge in [0.1, 0.15) is 17.7 Å². The van der Waals surface area contributed by atoms with Crippen LogP contribution in [0.2, 0.25) is 5.02 Å². The van der Waals surface area contributed by atoms with Crippen molar-refractivity contribution < 1.29 is 27.5 Å². The molecule has 1 atom stereocenters. The summed E-state index contributed by atoms with van der Waals surface area (Å²) in [5.41, 5.74) is 0.251. The Labute approximate surface area is 246 Å². The molecule has 0 bridgehead atoms. The number of rotatable bonds is 7. The van der Waals surface area contributed by atoms with Gasteiger partial charge >= 0.3 is 5.97 Å². The minimum atomic E-state index is -1.11. The number of methoxy groups -OCH3 is 1. The van der Waals surface area contributed by atoms with Crippen molar-refractivity contribution >= 4 is 40.2 Å². The molecule has 1 aromatic heterocycles. The van der Waals surface area contributed by atoms with Crippen molar-refractivity contribution in [2.24, 2.45) is 5.92 Å². The number of imidazole rings is 1. The lowest BCUT2D eigenvalue weighted by atomic mass is 9.83. The van der Waals surface area contributed by atoms with Gasteiger partial charge in [0, 0.05) is 22.7 Å². The molecule has 6 nitrogen and oxygen atoms in total. The third-order valence-electron chi connectivity index (χ3n) is 8.12. The first-order valence-corrected chi connectivity index (χ1v) is 14.2. The first-order chi connectivity index (χ1) is 20.0. The lowest BCUT2D eigenvalue weighted by Gasteiger charge is -2.32. The third kappa shape index (κ3) is 5.62. The summed E-state index contributed by atoms with van der Waals surface area (Å²) in [5, 5.41) is 3.22. The number of halogens is 4. The molecule has 42 heavy (non-hydrogen) atoms. The van der Waals surface area contributed by atoms with Crippen LogP contribution in [-0.2, 0) is 19.7 Å². The van der Waals surface area contributed by atoms with Crippen LogP contribution in [-0.4, -0.2) is 28.5 Å². The maximum Gasteiger partial charge on any atom is 0.315 e. The summed E-state index contributed by atoms with van der Waals surface area (Å²) < 4.78 is 50.8. The van der Waals surface area contributed by atoms with E-state index in [4.69, 9.17) is 16.3 Å². The molecule has 1 unspecified atom stereocenters. The van der Waals surface area contributed by atoms with Crippen molar-refractivity contribution in [3.8, 4) is 11.4 Å². The minimum Gasteiger partial charge on any atom is -0.468 e. The van der Waals surface area contributed by atoms with Gasteiger partial charge in [-0.05, 0) is 74.6 Å². The largest absolute Gasteiger partial charge is 0.468 e. The summed E-state index contributed by atoms with van der Waals surface area (Å²) >= 11 is 6.11. The molecular weight excluding hydrogens is 567 g/mol. The van der Waals surface area contributed by atoms with Crippen LogP contribution in [0, 0.1) is 23.4 Å². The number of carbonyl (C=O) groups excluding carboxylic acids is 2. The molecule has 5 rings (SSSR count). The molecular formula is C32H31ClF3N3O3. The van der Waals surface area contributed by atoms with E-state index in [1.54, 1.807) is 48.7 Å². The molecule has 0 aliphatic heterocycles. The zero-order valence-electron chi connectivity index (χ0n) is 23.5. The number of aromatic nitrogens is 2. The van der Waals surface area contributed by atoms with Crippen molar-refractivity contribution in [2.45, 2.75) is 57.4 Å². The van der Waals surface area contributed by atoms with E-state index in [1.165, 1.54) is 19.2 Å². The lowest BCUT2D eigenvalue weighted by molar-refractivity contribution is -0.146. The second kappa shape index (κ2) is 11.8. The van der Waals surface area contributed by atoms with Gasteiger partial charge < -0.3 is 14.6 Å². The zero-order valence-corrected chi connectivity index (χ0v) is 24.3. The highest BCUT2D eigenvalue weighted by atomic mass is 35.5. The molecule has 1 heterocycles. The molecule has 0 radical (unpaired) electrons. The zero-order chi connectivity index (χ0) is 30.2. The van der Waals surface area contributed by atoms with Crippen LogP contribution < -0.4 is 5.32 Å². The first-order valence-electron chi connectivity index (χ1n) is 13.8. The van der Waals surface area contributed by atoms with Gasteiger partial charge in [-0.25, -0.2) is 18.2 Å². The van der Waals surface area contributed by atoms with Crippen LogP contribution in [0.3, 0.4) is 0 Å². The highest BCUT2D eigenvalue weighted by Gasteiger charge is 2.36. The van der Waals surface area contributed by atoms with Crippen molar-refractivity contribution in [2.75, 3.05) is 12.4 Å². The van der Waals surface area contributed by atoms with Gasteiger partial charge in [0.15, 0.2) is 11.6 Å². The molecule has 1 aliphatic carbocycles. The summed E-state index contributed by atoms with van der Waals surface area (Å²) in [6.45, 7) is 3.24. The number of fused-ring (bicyclic) bond motifs is 1. The molecule has 220 valence electrons. The Morgan fingerprint density at radius 2 is 1.64 bits per heavy atom. The third-order valence-corrected chi connectivity index (χ3v) is 8.37. The van der Waals surface area contributed by atoms with E-state index in [1.807, 2.05) is 0 Å². The van der Waals surface area contributed by atoms with Crippen molar-refractivity contribution in [1.82, 2.24) is 9.55 Å². The van der Waals surface area contributed by atoms with Crippen LogP contribution in [0.15, 0.2) is 54.6 Å². The smallest absolute Gasteiger partial charge is 0.315 e. The highest BCUT2D eigenvalue weighted by molar-refractivity contribution is 6.30. The molecule has 0 spiro atoms. The van der Waals surface area contributed by atoms with Crippen molar-refractivity contribution in [1.29, 1.82) is 0 Å². The highest BCUT2D eigenvalue weighted by Crippen LogP contribution is 2.40. The van der Waals surface area contributed by atoms with E-state index in [-0.39, 0.29) is 22.6 Å². The number of nitrogens with zero attached hydrogens (tertiary/aromatic N) is 2. The number of anilines is 1. The number of nitrogens with one attached hydrogen (secondary N) is 1. The summed E-state index contributed by atoms with van der Waals surface area (Å²) in [6, 6.07) is 12.1. The van der Waals surface area contributed by atoms with Crippen LogP contribution in [0.5, 0.6) is 0 Å². The number of amides is 1. The second-order valence-electron chi connectivity index (χ2n) is 11.2. The Kier molecular flexibility index (Phi) is 8.32. The Balaban J connectivity index is 1.62. The molecule has 0 saturated heterocycles. The van der Waals surface area contributed by atoms with E-state index in [2.05, 4.69) is 10.3 Å². The predicted molar refractivity (Wildman–Crippen MR) is 156 cm³/mol. The number of ether oxygens (including phenoxy) is 1. The fraction of sp³-hybridized carbons (Fsp3) is 0.344. The molecule has 1 saturated carbocycles. The van der Waals surface area contributed by atoms with Gasteiger partial charge in [-0.2, -0.15) is 0 Å². The topological polar surface area (TPSA) is 73.2 Å². The van der Waals surface area contributed by atoms with E-state index in [0.717, 1.165) is 44.2 Å². The minimum absolute atomic E-state index is 0.0695. The van der Waals surface area contributed by atoms with E-state index in [0.29, 0.717) is 22.0 Å². The Morgan fingerprint density at radius 1 is 0.976 bits per heavy atom. The van der Waals surface area contributed by atoms with Gasteiger partial charge in [0.05, 0.1) is 29.2 Å². The quantitative estimate of drug-likeness (QED) is 0.219. The van der Waals surface area contributed by atoms with E-state index >= 15 is 4.39 Å².